The number of benzene rings is 3. The normalized spacial score (nSPS) is 18.8. The van der Waals surface area contributed by atoms with E-state index in [1.54, 1.807) is 20.8 Å². The predicted molar refractivity (Wildman–Crippen MR) is 257 cm³/mol. The standard InChI is InChI=1S/C16H20BrNO3.C16H20BrNO2.C12H13BrO.3H2S/c1-16(2,3)21-15(20)18-13(8-9-14(18)19)10-11-4-6-12(17)7-5-11;1-16(2,3)15(20)18-13(8-9-14(18)19)10-11-4-6-12(17)7-5-11;13-11-4-1-9(2-5-11)7-10-3-6-12(14)8-10;;;/h4-7,13H,8-10H2,1-3H3;4-7,13H,8-10H2,1-3H3;1-2,4-5,10H,3,6-8H2;3*1H2. The van der Waals surface area contributed by atoms with Crippen molar-refractivity contribution in [2.75, 3.05) is 0 Å². The van der Waals surface area contributed by atoms with Gasteiger partial charge in [0.05, 0.1) is 0 Å². The average Bonchev–Trinajstić information content (AvgIpc) is 3.80. The minimum absolute atomic E-state index is 0. The first kappa shape index (κ1) is 53.9. The third-order valence-corrected chi connectivity index (χ3v) is 11.2. The quantitative estimate of drug-likeness (QED) is 0.244. The highest BCUT2D eigenvalue weighted by molar-refractivity contribution is 9.11. The molecule has 14 heteroatoms. The summed E-state index contributed by atoms with van der Waals surface area (Å²) < 4.78 is 8.50. The van der Waals surface area contributed by atoms with Crippen LogP contribution in [0.25, 0.3) is 0 Å². The van der Waals surface area contributed by atoms with Gasteiger partial charge in [0.1, 0.15) is 11.4 Å². The van der Waals surface area contributed by atoms with Crippen LogP contribution in [-0.4, -0.2) is 57.1 Å². The molecular formula is C44H59Br3N2O6S3. The molecule has 0 aromatic heterocycles. The fraction of sp³-hybridized carbons (Fsp3) is 0.477. The van der Waals surface area contributed by atoms with Crippen molar-refractivity contribution in [2.24, 2.45) is 11.3 Å². The fourth-order valence-electron chi connectivity index (χ4n) is 6.88. The number of carbonyl (C=O) groups is 5. The molecular weight excluding hydrogens is 988 g/mol. The second kappa shape index (κ2) is 24.4. The molecule has 3 aliphatic rings. The van der Waals surface area contributed by atoms with Crippen molar-refractivity contribution in [3.63, 3.8) is 0 Å². The van der Waals surface area contributed by atoms with Gasteiger partial charge in [0.25, 0.3) is 0 Å². The van der Waals surface area contributed by atoms with E-state index >= 15 is 0 Å². The number of carbonyl (C=O) groups excluding carboxylic acids is 5. The van der Waals surface area contributed by atoms with Crippen molar-refractivity contribution in [1.29, 1.82) is 0 Å². The summed E-state index contributed by atoms with van der Waals surface area (Å²) in [6.45, 7) is 11.0. The number of nitrogens with zero attached hydrogens (tertiary/aromatic N) is 2. The lowest BCUT2D eigenvalue weighted by Gasteiger charge is -2.29. The van der Waals surface area contributed by atoms with Gasteiger partial charge in [-0.1, -0.05) is 105 Å². The summed E-state index contributed by atoms with van der Waals surface area (Å²) in [6.07, 6.45) is 6.91. The number of imide groups is 2. The highest BCUT2D eigenvalue weighted by atomic mass is 79.9. The minimum Gasteiger partial charge on any atom is -0.443 e. The van der Waals surface area contributed by atoms with Gasteiger partial charge in [-0.2, -0.15) is 40.5 Å². The molecule has 2 heterocycles. The molecule has 8 nitrogen and oxygen atoms in total. The van der Waals surface area contributed by atoms with E-state index in [1.165, 1.54) is 15.4 Å². The Morgan fingerprint density at radius 3 is 1.33 bits per heavy atom. The number of likely N-dealkylation sites (tertiary alicyclic amines) is 2. The zero-order valence-corrected chi connectivity index (χ0v) is 42.0. The first-order valence-electron chi connectivity index (χ1n) is 19.0. The number of Topliss-reactive ketones (excluding diaryl/α,β-unsaturated/α-hetero) is 1. The van der Waals surface area contributed by atoms with Crippen molar-refractivity contribution < 1.29 is 28.7 Å². The lowest BCUT2D eigenvalue weighted by molar-refractivity contribution is -0.149. The van der Waals surface area contributed by atoms with E-state index in [1.807, 2.05) is 69.3 Å². The van der Waals surface area contributed by atoms with Crippen molar-refractivity contribution in [3.8, 4) is 0 Å². The molecule has 3 atom stereocenters. The zero-order chi connectivity index (χ0) is 40.5. The van der Waals surface area contributed by atoms with Crippen LogP contribution in [0.1, 0.15) is 103 Å². The molecule has 3 fully saturated rings. The molecule has 4 amide bonds. The molecule has 1 aliphatic carbocycles. The number of hydrogen-bond acceptors (Lipinski definition) is 6. The first-order chi connectivity index (χ1) is 25.8. The lowest BCUT2D eigenvalue weighted by atomic mass is 9.93. The summed E-state index contributed by atoms with van der Waals surface area (Å²) in [5.74, 6) is 0.774. The van der Waals surface area contributed by atoms with Crippen LogP contribution in [0.5, 0.6) is 0 Å². The Balaban J connectivity index is 0.000000432. The monoisotopic (exact) mass is 1040 g/mol. The van der Waals surface area contributed by atoms with Crippen LogP contribution in [0.3, 0.4) is 0 Å². The number of ether oxygens (including phenoxy) is 1. The van der Waals surface area contributed by atoms with Gasteiger partial charge in [-0.3, -0.25) is 24.1 Å². The zero-order valence-electron chi connectivity index (χ0n) is 34.2. The highest BCUT2D eigenvalue weighted by Crippen LogP contribution is 2.30. The topological polar surface area (TPSA) is 101 Å². The maximum Gasteiger partial charge on any atom is 0.417 e. The Hall–Kier alpha value is -2.10. The van der Waals surface area contributed by atoms with Gasteiger partial charge in [-0.15, -0.1) is 0 Å². The fourth-order valence-corrected chi connectivity index (χ4v) is 7.67. The van der Waals surface area contributed by atoms with Crippen LogP contribution in [0.4, 0.5) is 4.79 Å². The molecule has 320 valence electrons. The smallest absolute Gasteiger partial charge is 0.417 e. The second-order valence-corrected chi connectivity index (χ2v) is 19.3. The number of amides is 4. The molecule has 3 aromatic rings. The molecule has 3 aromatic carbocycles. The third kappa shape index (κ3) is 17.1. The molecule has 0 radical (unpaired) electrons. The Labute approximate surface area is 391 Å². The Morgan fingerprint density at radius 1 is 0.586 bits per heavy atom. The summed E-state index contributed by atoms with van der Waals surface area (Å²) in [6, 6.07) is 24.2. The van der Waals surface area contributed by atoms with Gasteiger partial charge >= 0.3 is 6.09 Å². The molecule has 58 heavy (non-hydrogen) atoms. The van der Waals surface area contributed by atoms with Gasteiger partial charge in [0.2, 0.25) is 17.7 Å². The van der Waals surface area contributed by atoms with E-state index in [0.29, 0.717) is 37.4 Å². The van der Waals surface area contributed by atoms with Gasteiger partial charge < -0.3 is 4.74 Å². The van der Waals surface area contributed by atoms with E-state index < -0.39 is 17.1 Å². The van der Waals surface area contributed by atoms with Crippen molar-refractivity contribution in [3.05, 3.63) is 103 Å². The lowest BCUT2D eigenvalue weighted by Crippen LogP contribution is -2.45. The molecule has 3 unspecified atom stereocenters. The van der Waals surface area contributed by atoms with E-state index in [0.717, 1.165) is 63.1 Å². The Morgan fingerprint density at radius 2 is 0.966 bits per heavy atom. The molecule has 1 saturated carbocycles. The van der Waals surface area contributed by atoms with Crippen LogP contribution in [0.15, 0.2) is 86.2 Å². The van der Waals surface area contributed by atoms with Crippen LogP contribution >= 0.6 is 88.3 Å². The predicted octanol–water partition coefficient (Wildman–Crippen LogP) is 11.2. The van der Waals surface area contributed by atoms with Crippen LogP contribution < -0.4 is 0 Å². The van der Waals surface area contributed by atoms with Gasteiger partial charge in [0.15, 0.2) is 0 Å². The molecule has 0 spiro atoms. The summed E-state index contributed by atoms with van der Waals surface area (Å²) in [5.41, 5.74) is 2.49. The van der Waals surface area contributed by atoms with Gasteiger partial charge in [-0.25, -0.2) is 9.69 Å². The van der Waals surface area contributed by atoms with E-state index in [-0.39, 0.29) is 70.3 Å². The Bertz CT molecular complexity index is 1810. The number of halogens is 3. The first-order valence-corrected chi connectivity index (χ1v) is 21.3. The van der Waals surface area contributed by atoms with Crippen LogP contribution in [0, 0.1) is 11.3 Å². The summed E-state index contributed by atoms with van der Waals surface area (Å²) in [5, 5.41) is 0. The summed E-state index contributed by atoms with van der Waals surface area (Å²) in [7, 11) is 0. The SMILES string of the molecule is CC(C)(C)C(=O)N1C(=O)CCC1Cc1ccc(Br)cc1.CC(C)(C)OC(=O)N1C(=O)CCC1Cc1ccc(Br)cc1.O=C1CCC(Cc2ccc(Br)cc2)C1.S.S.S. The molecule has 0 N–H and O–H groups in total. The van der Waals surface area contributed by atoms with Crippen molar-refractivity contribution in [2.45, 2.75) is 123 Å². The summed E-state index contributed by atoms with van der Waals surface area (Å²) in [4.78, 5) is 62.5. The van der Waals surface area contributed by atoms with Gasteiger partial charge in [-0.05, 0) is 118 Å². The highest BCUT2D eigenvalue weighted by Gasteiger charge is 2.40. The third-order valence-electron chi connectivity index (χ3n) is 9.66. The average molecular weight is 1050 g/mol. The molecule has 6 rings (SSSR count). The maximum atomic E-state index is 12.4. The van der Waals surface area contributed by atoms with Crippen molar-refractivity contribution >= 4 is 118 Å². The maximum absolute atomic E-state index is 12.4. The molecule has 2 saturated heterocycles. The number of hydrogen-bond donors (Lipinski definition) is 0. The van der Waals surface area contributed by atoms with Crippen LogP contribution in [0.2, 0.25) is 0 Å². The Kier molecular flexibility index (Phi) is 22.7. The number of ketones is 1. The van der Waals surface area contributed by atoms with E-state index in [9.17, 15) is 24.0 Å². The number of rotatable bonds is 6. The van der Waals surface area contributed by atoms with Gasteiger partial charge in [0, 0.05) is 56.6 Å². The van der Waals surface area contributed by atoms with E-state index in [2.05, 4.69) is 72.1 Å². The summed E-state index contributed by atoms with van der Waals surface area (Å²) >= 11 is 10.2. The van der Waals surface area contributed by atoms with Crippen molar-refractivity contribution in [1.82, 2.24) is 9.80 Å². The largest absolute Gasteiger partial charge is 0.443 e. The van der Waals surface area contributed by atoms with E-state index in [4.69, 9.17) is 4.74 Å². The minimum atomic E-state index is -0.595. The molecule has 2 aliphatic heterocycles. The molecule has 0 bridgehead atoms. The van der Waals surface area contributed by atoms with Crippen LogP contribution in [-0.2, 0) is 43.2 Å². The second-order valence-electron chi connectivity index (χ2n) is 16.6.